The Kier molecular flexibility index (Phi) is 6.68. The van der Waals surface area contributed by atoms with Crippen molar-refractivity contribution >= 4 is 5.69 Å². The molecule has 18 heavy (non-hydrogen) atoms. The Labute approximate surface area is 110 Å². The van der Waals surface area contributed by atoms with Crippen LogP contribution in [0, 0.1) is 6.92 Å². The number of hydrogen-bond acceptors (Lipinski definition) is 4. The molecule has 2 rings (SSSR count). The predicted molar refractivity (Wildman–Crippen MR) is 74.2 cm³/mol. The van der Waals surface area contributed by atoms with E-state index in [0.29, 0.717) is 6.61 Å². The standard InChI is InChI=1S/C12H18N2O2.C2H6/c1-10-3-4-11(7-13-10)14-5-6-16-12(8-14)9-15-2;1-2/h3-4,7,12H,5-6,8-9H2,1-2H3;1-2H3. The molecule has 1 aromatic heterocycles. The van der Waals surface area contributed by atoms with E-state index < -0.39 is 0 Å². The minimum Gasteiger partial charge on any atom is -0.382 e. The molecule has 1 atom stereocenters. The molecule has 4 heteroatoms. The van der Waals surface area contributed by atoms with Crippen LogP contribution in [0.25, 0.3) is 0 Å². The minimum atomic E-state index is 0.167. The maximum absolute atomic E-state index is 5.61. The summed E-state index contributed by atoms with van der Waals surface area (Å²) in [7, 11) is 1.70. The van der Waals surface area contributed by atoms with E-state index in [1.807, 2.05) is 33.0 Å². The summed E-state index contributed by atoms with van der Waals surface area (Å²) < 4.78 is 10.7. The van der Waals surface area contributed by atoms with Gasteiger partial charge in [-0.05, 0) is 19.1 Å². The number of ether oxygens (including phenoxy) is 2. The van der Waals surface area contributed by atoms with Gasteiger partial charge in [0.25, 0.3) is 0 Å². The number of aryl methyl sites for hydroxylation is 1. The number of anilines is 1. The van der Waals surface area contributed by atoms with Crippen LogP contribution in [0.15, 0.2) is 18.3 Å². The summed E-state index contributed by atoms with van der Waals surface area (Å²) in [6, 6.07) is 4.15. The molecule has 1 aliphatic rings. The molecule has 0 radical (unpaired) electrons. The fraction of sp³-hybridized carbons (Fsp3) is 0.643. The maximum Gasteiger partial charge on any atom is 0.0983 e. The van der Waals surface area contributed by atoms with Gasteiger partial charge in [0.05, 0.1) is 31.2 Å². The number of methoxy groups -OCH3 is 1. The van der Waals surface area contributed by atoms with Crippen LogP contribution in [-0.2, 0) is 9.47 Å². The van der Waals surface area contributed by atoms with Crippen molar-refractivity contribution in [1.29, 1.82) is 0 Å². The van der Waals surface area contributed by atoms with Crippen LogP contribution in [0.2, 0.25) is 0 Å². The van der Waals surface area contributed by atoms with Gasteiger partial charge in [0.1, 0.15) is 0 Å². The molecule has 0 bridgehead atoms. The molecule has 1 saturated heterocycles. The largest absolute Gasteiger partial charge is 0.382 e. The van der Waals surface area contributed by atoms with Gasteiger partial charge in [-0.1, -0.05) is 13.8 Å². The first kappa shape index (κ1) is 14.9. The van der Waals surface area contributed by atoms with Crippen molar-refractivity contribution < 1.29 is 9.47 Å². The highest BCUT2D eigenvalue weighted by Crippen LogP contribution is 2.16. The van der Waals surface area contributed by atoms with E-state index in [9.17, 15) is 0 Å². The van der Waals surface area contributed by atoms with Crippen molar-refractivity contribution in [3.63, 3.8) is 0 Å². The Morgan fingerprint density at radius 2 is 2.22 bits per heavy atom. The molecular weight excluding hydrogens is 228 g/mol. The first-order valence-corrected chi connectivity index (χ1v) is 6.58. The van der Waals surface area contributed by atoms with Crippen molar-refractivity contribution in [3.05, 3.63) is 24.0 Å². The molecule has 102 valence electrons. The second kappa shape index (κ2) is 8.06. The Balaban J connectivity index is 0.000000771. The average molecular weight is 252 g/mol. The van der Waals surface area contributed by atoms with E-state index in [-0.39, 0.29) is 6.10 Å². The molecule has 0 aromatic carbocycles. The molecule has 0 saturated carbocycles. The molecule has 1 aromatic rings. The molecule has 0 amide bonds. The normalized spacial score (nSPS) is 19.1. The summed E-state index contributed by atoms with van der Waals surface area (Å²) in [4.78, 5) is 6.60. The molecular formula is C14H24N2O2. The van der Waals surface area contributed by atoms with Gasteiger partial charge >= 0.3 is 0 Å². The zero-order valence-electron chi connectivity index (χ0n) is 11.8. The summed E-state index contributed by atoms with van der Waals surface area (Å²) >= 11 is 0. The van der Waals surface area contributed by atoms with E-state index in [1.54, 1.807) is 7.11 Å². The topological polar surface area (TPSA) is 34.6 Å². The minimum absolute atomic E-state index is 0.167. The zero-order valence-corrected chi connectivity index (χ0v) is 11.8. The van der Waals surface area contributed by atoms with Gasteiger partial charge in [-0.25, -0.2) is 0 Å². The van der Waals surface area contributed by atoms with E-state index in [2.05, 4.69) is 16.0 Å². The van der Waals surface area contributed by atoms with Crippen LogP contribution in [0.1, 0.15) is 19.5 Å². The van der Waals surface area contributed by atoms with Crippen LogP contribution in [0.5, 0.6) is 0 Å². The molecule has 0 spiro atoms. The van der Waals surface area contributed by atoms with E-state index in [1.165, 1.54) is 0 Å². The number of nitrogens with zero attached hydrogens (tertiary/aromatic N) is 2. The monoisotopic (exact) mass is 252 g/mol. The highest BCUT2D eigenvalue weighted by atomic mass is 16.5. The van der Waals surface area contributed by atoms with Crippen molar-refractivity contribution in [1.82, 2.24) is 4.98 Å². The second-order valence-corrected chi connectivity index (χ2v) is 4.05. The van der Waals surface area contributed by atoms with Gasteiger partial charge in [-0.15, -0.1) is 0 Å². The molecule has 2 heterocycles. The smallest absolute Gasteiger partial charge is 0.0983 e. The SMILES string of the molecule is CC.COCC1CN(c2ccc(C)nc2)CCO1. The molecule has 4 nitrogen and oxygen atoms in total. The van der Waals surface area contributed by atoms with E-state index in [0.717, 1.165) is 31.1 Å². The van der Waals surface area contributed by atoms with Crippen LogP contribution < -0.4 is 4.90 Å². The van der Waals surface area contributed by atoms with Crippen molar-refractivity contribution in [2.45, 2.75) is 26.9 Å². The summed E-state index contributed by atoms with van der Waals surface area (Å²) in [6.07, 6.45) is 2.09. The Morgan fingerprint density at radius 1 is 1.44 bits per heavy atom. The van der Waals surface area contributed by atoms with Crippen LogP contribution in [0.3, 0.4) is 0 Å². The number of aromatic nitrogens is 1. The van der Waals surface area contributed by atoms with Crippen LogP contribution in [-0.4, -0.2) is 44.5 Å². The second-order valence-electron chi connectivity index (χ2n) is 4.05. The molecule has 1 fully saturated rings. The quantitative estimate of drug-likeness (QED) is 0.826. The van der Waals surface area contributed by atoms with Crippen molar-refractivity contribution in [2.75, 3.05) is 38.3 Å². The van der Waals surface area contributed by atoms with Crippen molar-refractivity contribution in [2.24, 2.45) is 0 Å². The Hall–Kier alpha value is -1.13. The van der Waals surface area contributed by atoms with Crippen molar-refractivity contribution in [3.8, 4) is 0 Å². The van der Waals surface area contributed by atoms with E-state index >= 15 is 0 Å². The van der Waals surface area contributed by atoms with Gasteiger partial charge in [-0.3, -0.25) is 4.98 Å². The first-order chi connectivity index (χ1) is 8.79. The fourth-order valence-electron chi connectivity index (χ4n) is 1.89. The summed E-state index contributed by atoms with van der Waals surface area (Å²) in [5.41, 5.74) is 2.21. The summed E-state index contributed by atoms with van der Waals surface area (Å²) in [5.74, 6) is 0. The predicted octanol–water partition coefficient (Wildman–Crippen LogP) is 2.27. The maximum atomic E-state index is 5.61. The molecule has 0 N–H and O–H groups in total. The van der Waals surface area contributed by atoms with Crippen LogP contribution >= 0.6 is 0 Å². The van der Waals surface area contributed by atoms with Gasteiger partial charge in [-0.2, -0.15) is 0 Å². The molecule has 1 aliphatic heterocycles. The van der Waals surface area contributed by atoms with Gasteiger partial charge < -0.3 is 14.4 Å². The number of rotatable bonds is 3. The Bertz CT molecular complexity index is 325. The number of pyridine rings is 1. The molecule has 1 unspecified atom stereocenters. The van der Waals surface area contributed by atoms with Crippen LogP contribution in [0.4, 0.5) is 5.69 Å². The highest BCUT2D eigenvalue weighted by Gasteiger charge is 2.20. The average Bonchev–Trinajstić information content (AvgIpc) is 2.43. The summed E-state index contributed by atoms with van der Waals surface area (Å²) in [5, 5.41) is 0. The van der Waals surface area contributed by atoms with Gasteiger partial charge in [0, 0.05) is 25.9 Å². The highest BCUT2D eigenvalue weighted by molar-refractivity contribution is 5.44. The lowest BCUT2D eigenvalue weighted by Gasteiger charge is -2.34. The fourth-order valence-corrected chi connectivity index (χ4v) is 1.89. The third-order valence-corrected chi connectivity index (χ3v) is 2.75. The number of morpholine rings is 1. The lowest BCUT2D eigenvalue weighted by atomic mass is 10.2. The van der Waals surface area contributed by atoms with E-state index in [4.69, 9.17) is 9.47 Å². The Morgan fingerprint density at radius 3 is 2.83 bits per heavy atom. The third-order valence-electron chi connectivity index (χ3n) is 2.75. The number of hydrogen-bond donors (Lipinski definition) is 0. The lowest BCUT2D eigenvalue weighted by Crippen LogP contribution is -2.44. The van der Waals surface area contributed by atoms with Gasteiger partial charge in [0.2, 0.25) is 0 Å². The van der Waals surface area contributed by atoms with Gasteiger partial charge in [0.15, 0.2) is 0 Å². The summed E-state index contributed by atoms with van der Waals surface area (Å²) in [6.45, 7) is 9.19. The first-order valence-electron chi connectivity index (χ1n) is 6.58. The molecule has 0 aliphatic carbocycles. The zero-order chi connectivity index (χ0) is 13.4. The third kappa shape index (κ3) is 4.27. The lowest BCUT2D eigenvalue weighted by molar-refractivity contribution is -0.0100.